The van der Waals surface area contributed by atoms with Gasteiger partial charge in [-0.05, 0) is 36.6 Å². The molecule has 2 unspecified atom stereocenters. The summed E-state index contributed by atoms with van der Waals surface area (Å²) in [6.07, 6.45) is 0.964. The molecule has 2 aromatic rings. The number of halogens is 1. The van der Waals surface area contributed by atoms with E-state index in [4.69, 9.17) is 5.11 Å². The van der Waals surface area contributed by atoms with Gasteiger partial charge in [0.15, 0.2) is 0 Å². The van der Waals surface area contributed by atoms with Crippen molar-refractivity contribution in [3.8, 4) is 5.75 Å². The standard InChI is InChI=1S/C20H24FN3O3/c21-15-8-6-14(7-9-15)13-24(10-3-11-25)20(27)18-12-17(22-23-18)16-4-1-2-5-19(16)26/h1-2,4-9,17-18,22-23,25-26H,3,10-13H2. The molecule has 0 spiro atoms. The Balaban J connectivity index is 1.68. The van der Waals surface area contributed by atoms with E-state index in [2.05, 4.69) is 10.9 Å². The van der Waals surface area contributed by atoms with Crippen LogP contribution in [0.3, 0.4) is 0 Å². The van der Waals surface area contributed by atoms with Gasteiger partial charge in [-0.15, -0.1) is 0 Å². The van der Waals surface area contributed by atoms with Gasteiger partial charge in [-0.1, -0.05) is 30.3 Å². The highest BCUT2D eigenvalue weighted by Crippen LogP contribution is 2.29. The van der Waals surface area contributed by atoms with E-state index in [-0.39, 0.29) is 30.1 Å². The van der Waals surface area contributed by atoms with Crippen LogP contribution in [0.5, 0.6) is 5.75 Å². The number of phenols is 1. The second-order valence-electron chi connectivity index (χ2n) is 6.65. The molecule has 2 aromatic carbocycles. The molecule has 3 rings (SSSR count). The molecule has 0 aromatic heterocycles. The molecular formula is C20H24FN3O3. The van der Waals surface area contributed by atoms with E-state index in [0.717, 1.165) is 11.1 Å². The van der Waals surface area contributed by atoms with Gasteiger partial charge < -0.3 is 15.1 Å². The molecule has 0 aliphatic carbocycles. The van der Waals surface area contributed by atoms with Gasteiger partial charge in [-0.25, -0.2) is 15.2 Å². The molecule has 1 heterocycles. The van der Waals surface area contributed by atoms with E-state index >= 15 is 0 Å². The number of hydrogen-bond acceptors (Lipinski definition) is 5. The first-order chi connectivity index (χ1) is 13.1. The Morgan fingerprint density at radius 3 is 2.59 bits per heavy atom. The monoisotopic (exact) mass is 373 g/mol. The Hall–Kier alpha value is -2.48. The summed E-state index contributed by atoms with van der Waals surface area (Å²) < 4.78 is 13.1. The number of aromatic hydroxyl groups is 1. The minimum atomic E-state index is -0.450. The first-order valence-corrected chi connectivity index (χ1v) is 9.01. The van der Waals surface area contributed by atoms with Gasteiger partial charge in [0.2, 0.25) is 5.91 Å². The summed E-state index contributed by atoms with van der Waals surface area (Å²) in [5.41, 5.74) is 7.64. The maximum Gasteiger partial charge on any atom is 0.241 e. The number of rotatable bonds is 7. The van der Waals surface area contributed by atoms with Gasteiger partial charge in [0, 0.05) is 25.3 Å². The number of benzene rings is 2. The molecular weight excluding hydrogens is 349 g/mol. The fourth-order valence-electron chi connectivity index (χ4n) is 3.26. The van der Waals surface area contributed by atoms with E-state index in [1.807, 2.05) is 12.1 Å². The molecule has 7 heteroatoms. The summed E-state index contributed by atoms with van der Waals surface area (Å²) >= 11 is 0. The van der Waals surface area contributed by atoms with E-state index in [1.165, 1.54) is 12.1 Å². The SMILES string of the molecule is O=C(C1CC(c2ccccc2O)NN1)N(CCCO)Cc1ccc(F)cc1. The zero-order valence-corrected chi connectivity index (χ0v) is 14.9. The molecule has 0 bridgehead atoms. The third kappa shape index (κ3) is 4.82. The lowest BCUT2D eigenvalue weighted by Gasteiger charge is -2.25. The molecule has 4 N–H and O–H groups in total. The predicted octanol–water partition coefficient (Wildman–Crippen LogP) is 1.85. The summed E-state index contributed by atoms with van der Waals surface area (Å²) in [6.45, 7) is 0.745. The van der Waals surface area contributed by atoms with Crippen LogP contribution >= 0.6 is 0 Å². The summed E-state index contributed by atoms with van der Waals surface area (Å²) in [5.74, 6) is -0.231. The molecule has 1 aliphatic heterocycles. The number of amides is 1. The lowest BCUT2D eigenvalue weighted by Crippen LogP contribution is -2.45. The summed E-state index contributed by atoms with van der Waals surface area (Å²) in [4.78, 5) is 14.7. The number of aliphatic hydroxyl groups excluding tert-OH is 1. The van der Waals surface area contributed by atoms with Crippen LogP contribution < -0.4 is 10.9 Å². The topological polar surface area (TPSA) is 84.8 Å². The van der Waals surface area contributed by atoms with Crippen LogP contribution in [0.4, 0.5) is 4.39 Å². The van der Waals surface area contributed by atoms with Gasteiger partial charge in [-0.2, -0.15) is 0 Å². The van der Waals surface area contributed by atoms with Crippen LogP contribution in [0.2, 0.25) is 0 Å². The van der Waals surface area contributed by atoms with Gasteiger partial charge in [0.05, 0.1) is 6.04 Å². The number of carbonyl (C=O) groups is 1. The zero-order valence-electron chi connectivity index (χ0n) is 14.9. The second-order valence-corrected chi connectivity index (χ2v) is 6.65. The first-order valence-electron chi connectivity index (χ1n) is 9.01. The Kier molecular flexibility index (Phi) is 6.39. The number of aliphatic hydroxyl groups is 1. The van der Waals surface area contributed by atoms with E-state index in [1.54, 1.807) is 29.2 Å². The lowest BCUT2D eigenvalue weighted by atomic mass is 10.0. The van der Waals surface area contributed by atoms with Crippen molar-refractivity contribution in [2.24, 2.45) is 0 Å². The van der Waals surface area contributed by atoms with Crippen molar-refractivity contribution in [2.45, 2.75) is 31.5 Å². The quantitative estimate of drug-likeness (QED) is 0.595. The van der Waals surface area contributed by atoms with Crippen molar-refractivity contribution in [1.82, 2.24) is 15.8 Å². The van der Waals surface area contributed by atoms with Crippen molar-refractivity contribution in [2.75, 3.05) is 13.2 Å². The smallest absolute Gasteiger partial charge is 0.241 e. The first kappa shape index (κ1) is 19.3. The highest BCUT2D eigenvalue weighted by molar-refractivity contribution is 5.82. The van der Waals surface area contributed by atoms with Gasteiger partial charge in [0.25, 0.3) is 0 Å². The van der Waals surface area contributed by atoms with Crippen LogP contribution in [0, 0.1) is 5.82 Å². The number of phenolic OH excluding ortho intramolecular Hbond substituents is 1. The largest absolute Gasteiger partial charge is 0.508 e. The maximum atomic E-state index is 13.1. The number of hydrazine groups is 1. The van der Waals surface area contributed by atoms with Gasteiger partial charge >= 0.3 is 0 Å². The average molecular weight is 373 g/mol. The zero-order chi connectivity index (χ0) is 19.2. The lowest BCUT2D eigenvalue weighted by molar-refractivity contribution is -0.134. The van der Waals surface area contributed by atoms with E-state index < -0.39 is 6.04 Å². The molecule has 27 heavy (non-hydrogen) atoms. The second kappa shape index (κ2) is 8.94. The molecule has 0 radical (unpaired) electrons. The molecule has 0 saturated carbocycles. The third-order valence-electron chi connectivity index (χ3n) is 4.70. The van der Waals surface area contributed by atoms with Crippen LogP contribution in [0.1, 0.15) is 30.0 Å². The highest BCUT2D eigenvalue weighted by atomic mass is 19.1. The van der Waals surface area contributed by atoms with E-state index in [9.17, 15) is 14.3 Å². The van der Waals surface area contributed by atoms with Crippen molar-refractivity contribution in [1.29, 1.82) is 0 Å². The normalized spacial score (nSPS) is 19.2. The number of hydrogen-bond donors (Lipinski definition) is 4. The average Bonchev–Trinajstić information content (AvgIpc) is 3.16. The molecule has 6 nitrogen and oxygen atoms in total. The van der Waals surface area contributed by atoms with Crippen LogP contribution in [-0.2, 0) is 11.3 Å². The van der Waals surface area contributed by atoms with Crippen molar-refractivity contribution in [3.05, 3.63) is 65.5 Å². The fourth-order valence-corrected chi connectivity index (χ4v) is 3.26. The Bertz CT molecular complexity index is 769. The minimum Gasteiger partial charge on any atom is -0.508 e. The summed E-state index contributed by atoms with van der Waals surface area (Å²) in [6, 6.07) is 12.5. The molecule has 1 amide bonds. The van der Waals surface area contributed by atoms with Crippen LogP contribution in [0.15, 0.2) is 48.5 Å². The summed E-state index contributed by atoms with van der Waals surface area (Å²) in [5, 5.41) is 19.2. The van der Waals surface area contributed by atoms with Crippen LogP contribution in [0.25, 0.3) is 0 Å². The van der Waals surface area contributed by atoms with Crippen molar-refractivity contribution in [3.63, 3.8) is 0 Å². The number of para-hydroxylation sites is 1. The molecule has 1 saturated heterocycles. The number of carbonyl (C=O) groups excluding carboxylic acids is 1. The Morgan fingerprint density at radius 2 is 1.89 bits per heavy atom. The van der Waals surface area contributed by atoms with Crippen molar-refractivity contribution >= 4 is 5.91 Å². The van der Waals surface area contributed by atoms with E-state index in [0.29, 0.717) is 25.9 Å². The molecule has 1 fully saturated rings. The van der Waals surface area contributed by atoms with Crippen molar-refractivity contribution < 1.29 is 19.4 Å². The minimum absolute atomic E-state index is 0.00987. The third-order valence-corrected chi connectivity index (χ3v) is 4.70. The van der Waals surface area contributed by atoms with Crippen LogP contribution in [-0.4, -0.2) is 40.2 Å². The maximum absolute atomic E-state index is 13.1. The highest BCUT2D eigenvalue weighted by Gasteiger charge is 2.33. The fraction of sp³-hybridized carbons (Fsp3) is 0.350. The van der Waals surface area contributed by atoms with Gasteiger partial charge in [0.1, 0.15) is 17.6 Å². The summed E-state index contributed by atoms with van der Waals surface area (Å²) in [7, 11) is 0. The predicted molar refractivity (Wildman–Crippen MR) is 99.0 cm³/mol. The van der Waals surface area contributed by atoms with Gasteiger partial charge in [-0.3, -0.25) is 4.79 Å². The molecule has 1 aliphatic rings. The Morgan fingerprint density at radius 1 is 1.15 bits per heavy atom. The number of nitrogens with zero attached hydrogens (tertiary/aromatic N) is 1. The molecule has 144 valence electrons. The number of nitrogens with one attached hydrogen (secondary N) is 2. The Labute approximate surface area is 157 Å². The molecule has 2 atom stereocenters.